The average Bonchev–Trinajstić information content (AvgIpc) is 2.17. The quantitative estimate of drug-likeness (QED) is 0.365. The highest BCUT2D eigenvalue weighted by atomic mass is 16.8. The van der Waals surface area contributed by atoms with E-state index in [0.717, 1.165) is 25.7 Å². The normalized spacial score (nSPS) is 11.2. The molecule has 0 aliphatic carbocycles. The van der Waals surface area contributed by atoms with Gasteiger partial charge in [0.2, 0.25) is 5.79 Å². The smallest absolute Gasteiger partial charge is 0.434 e. The van der Waals surface area contributed by atoms with Crippen molar-refractivity contribution in [2.24, 2.45) is 0 Å². The number of carbonyl (C=O) groups is 1. The van der Waals surface area contributed by atoms with E-state index in [0.29, 0.717) is 13.2 Å². The van der Waals surface area contributed by atoms with Crippen molar-refractivity contribution in [2.45, 2.75) is 59.2 Å². The lowest BCUT2D eigenvalue weighted by molar-refractivity contribution is -0.189. The molecule has 0 N–H and O–H groups in total. The second-order valence-corrected chi connectivity index (χ2v) is 4.16. The Morgan fingerprint density at radius 2 is 1.62 bits per heavy atom. The van der Waals surface area contributed by atoms with Gasteiger partial charge in [-0.25, -0.2) is 4.79 Å². The van der Waals surface area contributed by atoms with E-state index in [9.17, 15) is 4.79 Å². The SMILES string of the molecule is CCCCOC(=O)OC(C)(C)OCCCC. The Morgan fingerprint density at radius 3 is 2.19 bits per heavy atom. The molecule has 4 nitrogen and oxygen atoms in total. The van der Waals surface area contributed by atoms with Crippen molar-refractivity contribution in [2.75, 3.05) is 13.2 Å². The summed E-state index contributed by atoms with van der Waals surface area (Å²) in [6.07, 6.45) is 3.19. The zero-order chi connectivity index (χ0) is 12.4. The van der Waals surface area contributed by atoms with Gasteiger partial charge in [-0.3, -0.25) is 0 Å². The van der Waals surface area contributed by atoms with E-state index in [4.69, 9.17) is 14.2 Å². The van der Waals surface area contributed by atoms with Crippen LogP contribution in [0, 0.1) is 0 Å². The summed E-state index contributed by atoms with van der Waals surface area (Å²) in [5, 5.41) is 0. The molecule has 0 bridgehead atoms. The topological polar surface area (TPSA) is 44.8 Å². The van der Waals surface area contributed by atoms with Crippen LogP contribution in [0.4, 0.5) is 4.79 Å². The first-order valence-corrected chi connectivity index (χ1v) is 6.01. The molecular formula is C12H24O4. The lowest BCUT2D eigenvalue weighted by atomic mass is 10.3. The van der Waals surface area contributed by atoms with Gasteiger partial charge in [0.1, 0.15) is 0 Å². The van der Waals surface area contributed by atoms with Gasteiger partial charge in [0, 0.05) is 13.8 Å². The van der Waals surface area contributed by atoms with E-state index in [1.54, 1.807) is 13.8 Å². The molecule has 0 fully saturated rings. The van der Waals surface area contributed by atoms with Crippen molar-refractivity contribution in [3.8, 4) is 0 Å². The van der Waals surface area contributed by atoms with Crippen LogP contribution in [-0.4, -0.2) is 25.2 Å². The summed E-state index contributed by atoms with van der Waals surface area (Å²) in [6, 6.07) is 0. The van der Waals surface area contributed by atoms with E-state index in [-0.39, 0.29) is 0 Å². The Labute approximate surface area is 98.3 Å². The number of carbonyl (C=O) groups excluding carboxylic acids is 1. The van der Waals surface area contributed by atoms with Crippen LogP contribution < -0.4 is 0 Å². The second kappa shape index (κ2) is 8.39. The molecule has 16 heavy (non-hydrogen) atoms. The van der Waals surface area contributed by atoms with Gasteiger partial charge < -0.3 is 14.2 Å². The fourth-order valence-corrected chi connectivity index (χ4v) is 1.02. The van der Waals surface area contributed by atoms with Gasteiger partial charge in [-0.15, -0.1) is 0 Å². The maximum absolute atomic E-state index is 11.2. The first-order chi connectivity index (χ1) is 7.52. The molecule has 0 amide bonds. The third-order valence-electron chi connectivity index (χ3n) is 1.99. The molecular weight excluding hydrogens is 208 g/mol. The van der Waals surface area contributed by atoms with E-state index in [2.05, 4.69) is 6.92 Å². The lowest BCUT2D eigenvalue weighted by Gasteiger charge is -2.24. The van der Waals surface area contributed by atoms with Crippen molar-refractivity contribution < 1.29 is 19.0 Å². The molecule has 0 aromatic heterocycles. The maximum Gasteiger partial charge on any atom is 0.510 e. The Bertz CT molecular complexity index is 189. The minimum Gasteiger partial charge on any atom is -0.434 e. The first-order valence-electron chi connectivity index (χ1n) is 6.01. The summed E-state index contributed by atoms with van der Waals surface area (Å²) >= 11 is 0. The number of unbranched alkanes of at least 4 members (excludes halogenated alkanes) is 2. The molecule has 0 aromatic carbocycles. The molecule has 0 radical (unpaired) electrons. The molecule has 0 saturated heterocycles. The Hall–Kier alpha value is -0.770. The van der Waals surface area contributed by atoms with Gasteiger partial charge in [0.15, 0.2) is 0 Å². The largest absolute Gasteiger partial charge is 0.510 e. The van der Waals surface area contributed by atoms with E-state index in [1.807, 2.05) is 6.92 Å². The maximum atomic E-state index is 11.2. The summed E-state index contributed by atoms with van der Waals surface area (Å²) in [5.41, 5.74) is 0. The molecule has 0 saturated carbocycles. The first kappa shape index (κ1) is 15.2. The summed E-state index contributed by atoms with van der Waals surface area (Å²) in [4.78, 5) is 11.2. The van der Waals surface area contributed by atoms with Gasteiger partial charge in [-0.05, 0) is 12.8 Å². The Balaban J connectivity index is 3.72. The Morgan fingerprint density at radius 1 is 1.06 bits per heavy atom. The van der Waals surface area contributed by atoms with Gasteiger partial charge in [0.25, 0.3) is 0 Å². The van der Waals surface area contributed by atoms with Crippen LogP contribution in [0.3, 0.4) is 0 Å². The van der Waals surface area contributed by atoms with Crippen molar-refractivity contribution >= 4 is 6.16 Å². The highest BCUT2D eigenvalue weighted by molar-refractivity contribution is 5.60. The van der Waals surface area contributed by atoms with E-state index >= 15 is 0 Å². The van der Waals surface area contributed by atoms with Crippen LogP contribution >= 0.6 is 0 Å². The fraction of sp³-hybridized carbons (Fsp3) is 0.917. The van der Waals surface area contributed by atoms with Crippen molar-refractivity contribution in [3.63, 3.8) is 0 Å². The molecule has 0 unspecified atom stereocenters. The number of ether oxygens (including phenoxy) is 3. The molecule has 0 rings (SSSR count). The molecule has 0 aliphatic heterocycles. The van der Waals surface area contributed by atoms with Crippen molar-refractivity contribution in [1.82, 2.24) is 0 Å². The zero-order valence-electron chi connectivity index (χ0n) is 10.9. The number of hydrogen-bond donors (Lipinski definition) is 0. The van der Waals surface area contributed by atoms with Crippen LogP contribution in [0.1, 0.15) is 53.4 Å². The van der Waals surface area contributed by atoms with Crippen LogP contribution in [0.2, 0.25) is 0 Å². The molecule has 0 aliphatic rings. The molecule has 0 aromatic rings. The third-order valence-corrected chi connectivity index (χ3v) is 1.99. The third kappa shape index (κ3) is 8.53. The van der Waals surface area contributed by atoms with Gasteiger partial charge in [-0.1, -0.05) is 26.7 Å². The summed E-state index contributed by atoms with van der Waals surface area (Å²) in [6.45, 7) is 8.53. The van der Waals surface area contributed by atoms with Crippen molar-refractivity contribution in [1.29, 1.82) is 0 Å². The standard InChI is InChI=1S/C12H24O4/c1-5-7-9-14-11(13)16-12(3,4)15-10-8-6-2/h5-10H2,1-4H3. The van der Waals surface area contributed by atoms with Crippen molar-refractivity contribution in [3.05, 3.63) is 0 Å². The molecule has 0 heterocycles. The molecule has 0 spiro atoms. The molecule has 4 heteroatoms. The number of hydrogen-bond acceptors (Lipinski definition) is 4. The zero-order valence-corrected chi connectivity index (χ0v) is 10.9. The highest BCUT2D eigenvalue weighted by Crippen LogP contribution is 2.13. The number of rotatable bonds is 8. The van der Waals surface area contributed by atoms with Gasteiger partial charge >= 0.3 is 6.16 Å². The predicted molar refractivity (Wildman–Crippen MR) is 62.3 cm³/mol. The minimum atomic E-state index is -0.904. The molecule has 0 atom stereocenters. The molecule has 96 valence electrons. The minimum absolute atomic E-state index is 0.403. The van der Waals surface area contributed by atoms with Crippen LogP contribution in [0.5, 0.6) is 0 Å². The van der Waals surface area contributed by atoms with Gasteiger partial charge in [0.05, 0.1) is 13.2 Å². The monoisotopic (exact) mass is 232 g/mol. The summed E-state index contributed by atoms with van der Waals surface area (Å²) in [7, 11) is 0. The summed E-state index contributed by atoms with van der Waals surface area (Å²) in [5.74, 6) is -0.904. The predicted octanol–water partition coefficient (Wildman–Crippen LogP) is 3.49. The van der Waals surface area contributed by atoms with E-state index in [1.165, 1.54) is 0 Å². The lowest BCUT2D eigenvalue weighted by Crippen LogP contribution is -2.32. The Kier molecular flexibility index (Phi) is 7.99. The fourth-order valence-electron chi connectivity index (χ4n) is 1.02. The summed E-state index contributed by atoms with van der Waals surface area (Å²) < 4.78 is 15.4. The van der Waals surface area contributed by atoms with Crippen LogP contribution in [0.15, 0.2) is 0 Å². The van der Waals surface area contributed by atoms with Crippen LogP contribution in [0.25, 0.3) is 0 Å². The van der Waals surface area contributed by atoms with Crippen LogP contribution in [-0.2, 0) is 14.2 Å². The highest BCUT2D eigenvalue weighted by Gasteiger charge is 2.24. The second-order valence-electron chi connectivity index (χ2n) is 4.16. The van der Waals surface area contributed by atoms with Gasteiger partial charge in [-0.2, -0.15) is 0 Å². The van der Waals surface area contributed by atoms with E-state index < -0.39 is 11.9 Å². The average molecular weight is 232 g/mol.